The fourth-order valence-corrected chi connectivity index (χ4v) is 7.94. The molecule has 0 heterocycles. The van der Waals surface area contributed by atoms with Crippen LogP contribution in [0.5, 0.6) is 0 Å². The molecule has 0 aromatic rings. The first-order valence-corrected chi connectivity index (χ1v) is 11.9. The number of hydrogen-bond donors (Lipinski definition) is 2. The number of esters is 1. The predicted octanol–water partition coefficient (Wildman–Crippen LogP) is 3.13. The van der Waals surface area contributed by atoms with Gasteiger partial charge in [-0.05, 0) is 74.2 Å². The summed E-state index contributed by atoms with van der Waals surface area (Å²) in [7, 11) is 0. The molecule has 0 saturated heterocycles. The number of aliphatic hydroxyl groups excluding tert-OH is 2. The van der Waals surface area contributed by atoms with Gasteiger partial charge in [0.05, 0.1) is 6.10 Å². The van der Waals surface area contributed by atoms with Crippen LogP contribution in [0.25, 0.3) is 0 Å². The summed E-state index contributed by atoms with van der Waals surface area (Å²) in [5.74, 6) is -0.320. The topological polar surface area (TPSA) is 101 Å². The SMILES string of the molecule is CCCC(=O)O[C@@]1(C(=O)CO)CC[C@@H]2[C@@H]3CCC4=CC(=O)CC[C@]4(C)[C@@H]3[C@@H](O)C[C@@]21C. The van der Waals surface area contributed by atoms with Gasteiger partial charge in [-0.25, -0.2) is 0 Å². The van der Waals surface area contributed by atoms with Crippen LogP contribution < -0.4 is 0 Å². The Balaban J connectivity index is 1.73. The normalized spacial score (nSPS) is 44.0. The van der Waals surface area contributed by atoms with Crippen molar-refractivity contribution in [1.29, 1.82) is 0 Å². The monoisotopic (exact) mass is 432 g/mol. The molecule has 0 spiro atoms. The van der Waals surface area contributed by atoms with E-state index in [0.717, 1.165) is 31.3 Å². The summed E-state index contributed by atoms with van der Waals surface area (Å²) in [6.45, 7) is 5.39. The van der Waals surface area contributed by atoms with Gasteiger partial charge in [-0.15, -0.1) is 0 Å². The first-order valence-electron chi connectivity index (χ1n) is 11.9. The average Bonchev–Trinajstić information content (AvgIpc) is 3.00. The fourth-order valence-electron chi connectivity index (χ4n) is 7.94. The minimum absolute atomic E-state index is 0.0325. The van der Waals surface area contributed by atoms with Crippen LogP contribution in [0.1, 0.15) is 78.6 Å². The quantitative estimate of drug-likeness (QED) is 0.648. The van der Waals surface area contributed by atoms with E-state index in [1.807, 2.05) is 13.8 Å². The fraction of sp³-hybridized carbons (Fsp3) is 0.800. The van der Waals surface area contributed by atoms with Crippen LogP contribution in [-0.4, -0.2) is 46.1 Å². The molecule has 0 aromatic heterocycles. The third kappa shape index (κ3) is 3.16. The van der Waals surface area contributed by atoms with Gasteiger partial charge in [0, 0.05) is 18.3 Å². The van der Waals surface area contributed by atoms with Crippen LogP contribution in [-0.2, 0) is 19.1 Å². The highest BCUT2D eigenvalue weighted by Gasteiger charge is 2.70. The number of aliphatic hydroxyl groups is 2. The summed E-state index contributed by atoms with van der Waals surface area (Å²) in [5.41, 5.74) is -1.12. The standard InChI is InChI=1S/C25H36O6/c1-4-5-21(30)31-25(20(29)14-26)11-9-18-17-7-6-15-12-16(27)8-10-23(15,2)22(17)19(28)13-24(18,25)3/h12,17-19,22,26,28H,4-11,13-14H2,1-3H3/t17-,18+,19-,22-,23-,24-,25+/m0/s1. The first-order chi connectivity index (χ1) is 14.6. The van der Waals surface area contributed by atoms with Gasteiger partial charge in [0.25, 0.3) is 0 Å². The Bertz CT molecular complexity index is 817. The van der Waals surface area contributed by atoms with E-state index in [1.54, 1.807) is 6.08 Å². The number of rotatable bonds is 5. The van der Waals surface area contributed by atoms with Crippen LogP contribution in [0, 0.1) is 28.6 Å². The maximum atomic E-state index is 13.1. The van der Waals surface area contributed by atoms with Crippen molar-refractivity contribution in [2.24, 2.45) is 28.6 Å². The van der Waals surface area contributed by atoms with E-state index in [9.17, 15) is 24.6 Å². The molecular formula is C25H36O6. The summed E-state index contributed by atoms with van der Waals surface area (Å²) < 4.78 is 5.92. The molecule has 172 valence electrons. The predicted molar refractivity (Wildman–Crippen MR) is 114 cm³/mol. The second kappa shape index (κ2) is 7.80. The van der Waals surface area contributed by atoms with Gasteiger partial charge in [0.15, 0.2) is 11.4 Å². The van der Waals surface area contributed by atoms with Crippen molar-refractivity contribution in [3.05, 3.63) is 11.6 Å². The third-order valence-electron chi connectivity index (χ3n) is 9.35. The minimum Gasteiger partial charge on any atom is -0.450 e. The molecule has 0 bridgehead atoms. The highest BCUT2D eigenvalue weighted by atomic mass is 16.6. The van der Waals surface area contributed by atoms with E-state index in [2.05, 4.69) is 6.92 Å². The van der Waals surface area contributed by atoms with E-state index in [4.69, 9.17) is 4.74 Å². The largest absolute Gasteiger partial charge is 0.450 e. The first kappa shape index (κ1) is 22.7. The van der Waals surface area contributed by atoms with Crippen molar-refractivity contribution in [2.75, 3.05) is 6.61 Å². The van der Waals surface area contributed by atoms with E-state index in [-0.39, 0.29) is 35.4 Å². The van der Waals surface area contributed by atoms with E-state index >= 15 is 0 Å². The van der Waals surface area contributed by atoms with Crippen LogP contribution in [0.2, 0.25) is 0 Å². The third-order valence-corrected chi connectivity index (χ3v) is 9.35. The summed E-state index contributed by atoms with van der Waals surface area (Å²) in [5, 5.41) is 21.3. The lowest BCUT2D eigenvalue weighted by atomic mass is 9.45. The molecule has 0 aromatic carbocycles. The molecule has 0 radical (unpaired) electrons. The molecule has 0 unspecified atom stereocenters. The number of allylic oxidation sites excluding steroid dienone is 1. The summed E-state index contributed by atoms with van der Waals surface area (Å²) in [6.07, 6.45) is 6.48. The average molecular weight is 433 g/mol. The zero-order valence-electron chi connectivity index (χ0n) is 19.0. The van der Waals surface area contributed by atoms with E-state index in [0.29, 0.717) is 25.7 Å². The molecule has 0 aliphatic heterocycles. The Morgan fingerprint density at radius 2 is 1.94 bits per heavy atom. The molecule has 6 nitrogen and oxygen atoms in total. The van der Waals surface area contributed by atoms with Gasteiger partial charge in [-0.3, -0.25) is 14.4 Å². The molecule has 4 aliphatic rings. The van der Waals surface area contributed by atoms with Gasteiger partial charge in [-0.1, -0.05) is 26.3 Å². The minimum atomic E-state index is -1.37. The maximum Gasteiger partial charge on any atom is 0.306 e. The summed E-state index contributed by atoms with van der Waals surface area (Å²) in [6, 6.07) is 0. The highest BCUT2D eigenvalue weighted by Crippen LogP contribution is 2.68. The van der Waals surface area contributed by atoms with Crippen molar-refractivity contribution in [2.45, 2.75) is 90.3 Å². The number of hydrogen-bond acceptors (Lipinski definition) is 6. The smallest absolute Gasteiger partial charge is 0.306 e. The number of carbonyl (C=O) groups is 3. The molecule has 0 amide bonds. The Morgan fingerprint density at radius 1 is 1.19 bits per heavy atom. The van der Waals surface area contributed by atoms with Crippen molar-refractivity contribution in [3.63, 3.8) is 0 Å². The molecule has 4 aliphatic carbocycles. The van der Waals surface area contributed by atoms with Crippen molar-refractivity contribution in [3.8, 4) is 0 Å². The number of ether oxygens (including phenoxy) is 1. The van der Waals surface area contributed by atoms with E-state index in [1.165, 1.54) is 0 Å². The lowest BCUT2D eigenvalue weighted by Crippen LogP contribution is -2.63. The molecule has 6 heteroatoms. The lowest BCUT2D eigenvalue weighted by Gasteiger charge is -2.60. The van der Waals surface area contributed by atoms with Crippen LogP contribution in [0.3, 0.4) is 0 Å². The van der Waals surface area contributed by atoms with Crippen molar-refractivity contribution < 1.29 is 29.3 Å². The summed E-state index contributed by atoms with van der Waals surface area (Å²) in [4.78, 5) is 37.6. The van der Waals surface area contributed by atoms with Crippen molar-refractivity contribution >= 4 is 17.5 Å². The Morgan fingerprint density at radius 3 is 2.61 bits per heavy atom. The highest BCUT2D eigenvalue weighted by molar-refractivity contribution is 5.92. The molecular weight excluding hydrogens is 396 g/mol. The lowest BCUT2D eigenvalue weighted by molar-refractivity contribution is -0.202. The number of ketones is 2. The van der Waals surface area contributed by atoms with Gasteiger partial charge < -0.3 is 14.9 Å². The molecule has 4 rings (SSSR count). The number of carbonyl (C=O) groups excluding carboxylic acids is 3. The zero-order valence-corrected chi connectivity index (χ0v) is 19.0. The Hall–Kier alpha value is -1.53. The van der Waals surface area contributed by atoms with Crippen LogP contribution in [0.4, 0.5) is 0 Å². The van der Waals surface area contributed by atoms with Gasteiger partial charge >= 0.3 is 5.97 Å². The Labute approximate surface area is 184 Å². The molecule has 31 heavy (non-hydrogen) atoms. The molecule has 3 saturated carbocycles. The molecule has 3 fully saturated rings. The van der Waals surface area contributed by atoms with Crippen LogP contribution in [0.15, 0.2) is 11.6 Å². The second-order valence-electron chi connectivity index (χ2n) is 10.7. The van der Waals surface area contributed by atoms with Gasteiger partial charge in [-0.2, -0.15) is 0 Å². The summed E-state index contributed by atoms with van der Waals surface area (Å²) >= 11 is 0. The van der Waals surface area contributed by atoms with E-state index < -0.39 is 35.5 Å². The number of fused-ring (bicyclic) bond motifs is 5. The maximum absolute atomic E-state index is 13.1. The Kier molecular flexibility index (Phi) is 5.70. The van der Waals surface area contributed by atoms with Gasteiger partial charge in [0.2, 0.25) is 5.78 Å². The second-order valence-corrected chi connectivity index (χ2v) is 10.7. The zero-order chi connectivity index (χ0) is 22.6. The molecule has 7 atom stereocenters. The number of Topliss-reactive ketones (excluding diaryl/α,β-unsaturated/α-hetero) is 1. The van der Waals surface area contributed by atoms with Crippen LogP contribution >= 0.6 is 0 Å². The van der Waals surface area contributed by atoms with Crippen molar-refractivity contribution in [1.82, 2.24) is 0 Å². The van der Waals surface area contributed by atoms with Gasteiger partial charge in [0.1, 0.15) is 6.61 Å². The molecule has 2 N–H and O–H groups in total.